The lowest BCUT2D eigenvalue weighted by atomic mass is 10.0. The lowest BCUT2D eigenvalue weighted by molar-refractivity contribution is -0.158. The molecule has 0 amide bonds. The van der Waals surface area contributed by atoms with Crippen molar-refractivity contribution in [3.05, 3.63) is 0 Å². The summed E-state index contributed by atoms with van der Waals surface area (Å²) in [5.41, 5.74) is 0. The molecule has 2 N–H and O–H groups in total. The van der Waals surface area contributed by atoms with E-state index in [-0.39, 0.29) is 19.2 Å². The molecule has 6 heteroatoms. The maximum absolute atomic E-state index is 11.7. The van der Waals surface area contributed by atoms with E-state index in [4.69, 9.17) is 9.84 Å². The molecular weight excluding hydrogens is 396 g/mol. The minimum atomic E-state index is -1.23. The predicted molar refractivity (Wildman–Crippen MR) is 124 cm³/mol. The third kappa shape index (κ3) is 21.9. The van der Waals surface area contributed by atoms with Crippen molar-refractivity contribution in [2.24, 2.45) is 0 Å². The van der Waals surface area contributed by atoms with Gasteiger partial charge in [0, 0.05) is 6.42 Å². The van der Waals surface area contributed by atoms with Gasteiger partial charge in [-0.25, -0.2) is 4.79 Å². The van der Waals surface area contributed by atoms with Crippen LogP contribution in [0, 0.1) is 0 Å². The van der Waals surface area contributed by atoms with E-state index in [0.717, 1.165) is 19.3 Å². The Morgan fingerprint density at radius 2 is 1.03 bits per heavy atom. The second kappa shape index (κ2) is 22.1. The van der Waals surface area contributed by atoms with Crippen molar-refractivity contribution in [3.63, 3.8) is 0 Å². The van der Waals surface area contributed by atoms with Gasteiger partial charge >= 0.3 is 11.9 Å². The third-order valence-electron chi connectivity index (χ3n) is 5.43. The summed E-state index contributed by atoms with van der Waals surface area (Å²) in [6.45, 7) is 3.05. The fourth-order valence-electron chi connectivity index (χ4n) is 3.43. The predicted octanol–water partition coefficient (Wildman–Crippen LogP) is 5.47. The monoisotopic (exact) mass is 444 g/mol. The van der Waals surface area contributed by atoms with Crippen LogP contribution < -0.4 is 0 Å². The van der Waals surface area contributed by atoms with Crippen molar-refractivity contribution in [2.75, 3.05) is 13.2 Å². The molecule has 6 nitrogen and oxygen atoms in total. The highest BCUT2D eigenvalue weighted by Gasteiger charge is 2.14. The lowest BCUT2D eigenvalue weighted by Gasteiger charge is -2.12. The SMILES string of the molecule is CCCCCCCCCCCCCCCCCCC(=O)OCC(O)COC(=O)C(C)O. The van der Waals surface area contributed by atoms with Gasteiger partial charge in [0.2, 0.25) is 0 Å². The molecule has 0 fully saturated rings. The average Bonchev–Trinajstić information content (AvgIpc) is 2.75. The zero-order chi connectivity index (χ0) is 23.2. The number of carbonyl (C=O) groups is 2. The fourth-order valence-corrected chi connectivity index (χ4v) is 3.43. The molecule has 0 spiro atoms. The average molecular weight is 445 g/mol. The number of unbranched alkanes of at least 4 members (excludes halogenated alkanes) is 15. The molecule has 0 saturated carbocycles. The standard InChI is InChI=1S/C25H48O6/c1-3-4-5-6-7-8-9-10-11-12-13-14-15-16-17-18-19-24(28)30-20-23(27)21-31-25(29)22(2)26/h22-23,26-27H,3-21H2,1-2H3. The molecule has 0 rings (SSSR count). The first-order valence-electron chi connectivity index (χ1n) is 12.7. The number of hydrogen-bond acceptors (Lipinski definition) is 6. The summed E-state index contributed by atoms with van der Waals surface area (Å²) >= 11 is 0. The molecule has 184 valence electrons. The second-order valence-electron chi connectivity index (χ2n) is 8.70. The normalized spacial score (nSPS) is 13.0. The van der Waals surface area contributed by atoms with Crippen molar-refractivity contribution in [1.82, 2.24) is 0 Å². The van der Waals surface area contributed by atoms with Gasteiger partial charge < -0.3 is 19.7 Å². The summed E-state index contributed by atoms with van der Waals surface area (Å²) in [5.74, 6) is -1.15. The molecule has 0 heterocycles. The zero-order valence-electron chi connectivity index (χ0n) is 20.1. The van der Waals surface area contributed by atoms with E-state index in [9.17, 15) is 14.7 Å². The molecule has 2 unspecified atom stereocenters. The van der Waals surface area contributed by atoms with E-state index in [2.05, 4.69) is 11.7 Å². The molecule has 0 aromatic heterocycles. The quantitative estimate of drug-likeness (QED) is 0.170. The summed E-state index contributed by atoms with van der Waals surface area (Å²) in [6.07, 6.45) is 18.6. The summed E-state index contributed by atoms with van der Waals surface area (Å²) in [6, 6.07) is 0. The Labute approximate surface area is 190 Å². The largest absolute Gasteiger partial charge is 0.463 e. The molecule has 0 radical (unpaired) electrons. The third-order valence-corrected chi connectivity index (χ3v) is 5.43. The number of ether oxygens (including phenoxy) is 2. The minimum absolute atomic E-state index is 0.204. The van der Waals surface area contributed by atoms with Crippen molar-refractivity contribution >= 4 is 11.9 Å². The van der Waals surface area contributed by atoms with Crippen molar-refractivity contribution in [1.29, 1.82) is 0 Å². The van der Waals surface area contributed by atoms with Crippen LogP contribution in [-0.2, 0) is 19.1 Å². The Balaban J connectivity index is 3.31. The van der Waals surface area contributed by atoms with Gasteiger partial charge in [-0.15, -0.1) is 0 Å². The summed E-state index contributed by atoms with van der Waals surface area (Å²) < 4.78 is 9.64. The molecule has 0 aliphatic carbocycles. The highest BCUT2D eigenvalue weighted by molar-refractivity contribution is 5.73. The molecule has 0 aromatic rings. The van der Waals surface area contributed by atoms with Gasteiger partial charge in [-0.1, -0.05) is 103 Å². The zero-order valence-corrected chi connectivity index (χ0v) is 20.1. The maximum atomic E-state index is 11.7. The molecule has 0 aromatic carbocycles. The number of esters is 2. The van der Waals surface area contributed by atoms with Crippen LogP contribution in [0.4, 0.5) is 0 Å². The van der Waals surface area contributed by atoms with Crippen molar-refractivity contribution in [3.8, 4) is 0 Å². The second-order valence-corrected chi connectivity index (χ2v) is 8.70. The summed E-state index contributed by atoms with van der Waals surface area (Å²) in [5, 5.41) is 18.6. The molecule has 2 atom stereocenters. The number of aliphatic hydroxyl groups excluding tert-OH is 2. The van der Waals surface area contributed by atoms with E-state index >= 15 is 0 Å². The number of aliphatic hydroxyl groups is 2. The molecular formula is C25H48O6. The van der Waals surface area contributed by atoms with E-state index in [1.807, 2.05) is 0 Å². The molecule has 0 aliphatic heterocycles. The molecule has 0 saturated heterocycles. The van der Waals surface area contributed by atoms with Gasteiger partial charge in [0.05, 0.1) is 0 Å². The first-order chi connectivity index (χ1) is 15.0. The first kappa shape index (κ1) is 29.9. The Morgan fingerprint density at radius 3 is 1.45 bits per heavy atom. The Kier molecular flexibility index (Phi) is 21.3. The molecule has 31 heavy (non-hydrogen) atoms. The smallest absolute Gasteiger partial charge is 0.334 e. The van der Waals surface area contributed by atoms with Crippen LogP contribution in [0.2, 0.25) is 0 Å². The molecule has 0 bridgehead atoms. The van der Waals surface area contributed by atoms with Crippen LogP contribution in [0.25, 0.3) is 0 Å². The van der Waals surface area contributed by atoms with Crippen molar-refractivity contribution < 1.29 is 29.3 Å². The van der Waals surface area contributed by atoms with E-state index < -0.39 is 18.2 Å². The summed E-state index contributed by atoms with van der Waals surface area (Å²) in [7, 11) is 0. The van der Waals surface area contributed by atoms with Gasteiger partial charge in [0.15, 0.2) is 0 Å². The van der Waals surface area contributed by atoms with Gasteiger partial charge in [0.1, 0.15) is 25.4 Å². The van der Waals surface area contributed by atoms with Gasteiger partial charge in [-0.2, -0.15) is 0 Å². The maximum Gasteiger partial charge on any atom is 0.334 e. The first-order valence-corrected chi connectivity index (χ1v) is 12.7. The van der Waals surface area contributed by atoms with E-state index in [1.165, 1.54) is 90.4 Å². The molecule has 0 aliphatic rings. The Hall–Kier alpha value is -1.14. The number of carbonyl (C=O) groups excluding carboxylic acids is 2. The number of hydrogen-bond donors (Lipinski definition) is 2. The fraction of sp³-hybridized carbons (Fsp3) is 0.920. The van der Waals surface area contributed by atoms with E-state index in [0.29, 0.717) is 6.42 Å². The van der Waals surface area contributed by atoms with Gasteiger partial charge in [0.25, 0.3) is 0 Å². The van der Waals surface area contributed by atoms with Crippen LogP contribution in [0.1, 0.15) is 123 Å². The van der Waals surface area contributed by atoms with E-state index in [1.54, 1.807) is 0 Å². The van der Waals surface area contributed by atoms with Crippen LogP contribution in [-0.4, -0.2) is 47.6 Å². The lowest BCUT2D eigenvalue weighted by Crippen LogP contribution is -2.28. The number of rotatable bonds is 22. The topological polar surface area (TPSA) is 93.1 Å². The van der Waals surface area contributed by atoms with Crippen LogP contribution >= 0.6 is 0 Å². The van der Waals surface area contributed by atoms with Gasteiger partial charge in [-0.3, -0.25) is 4.79 Å². The van der Waals surface area contributed by atoms with Crippen LogP contribution in [0.15, 0.2) is 0 Å². The van der Waals surface area contributed by atoms with Gasteiger partial charge in [-0.05, 0) is 13.3 Å². The minimum Gasteiger partial charge on any atom is -0.463 e. The highest BCUT2D eigenvalue weighted by atomic mass is 16.6. The van der Waals surface area contributed by atoms with Crippen LogP contribution in [0.5, 0.6) is 0 Å². The van der Waals surface area contributed by atoms with Crippen LogP contribution in [0.3, 0.4) is 0 Å². The Morgan fingerprint density at radius 1 is 0.645 bits per heavy atom. The Bertz CT molecular complexity index is 424. The summed E-state index contributed by atoms with van der Waals surface area (Å²) in [4.78, 5) is 22.7. The van der Waals surface area contributed by atoms with Crippen molar-refractivity contribution in [2.45, 2.75) is 135 Å². The highest BCUT2D eigenvalue weighted by Crippen LogP contribution is 2.14.